The third-order valence-corrected chi connectivity index (χ3v) is 4.57. The Hall–Kier alpha value is -1.81. The quantitative estimate of drug-likeness (QED) is 0.198. The van der Waals surface area contributed by atoms with Crippen molar-refractivity contribution in [3.05, 3.63) is 46.3 Å². The van der Waals surface area contributed by atoms with E-state index in [0.717, 1.165) is 60.2 Å². The Morgan fingerprint density at radius 3 is 2.63 bits per heavy atom. The van der Waals surface area contributed by atoms with Crippen molar-refractivity contribution >= 4 is 29.9 Å². The SMILES string of the molecule is CCNC(=NCc1ccc(C)cc1OCCCOC)NCCc1c(C)noc1C.I. The van der Waals surface area contributed by atoms with Gasteiger partial charge in [0.1, 0.15) is 11.5 Å². The van der Waals surface area contributed by atoms with Crippen LogP contribution in [0.1, 0.15) is 41.5 Å². The first kappa shape index (κ1) is 26.2. The van der Waals surface area contributed by atoms with Gasteiger partial charge in [0, 0.05) is 44.4 Å². The van der Waals surface area contributed by atoms with Crippen LogP contribution in [0, 0.1) is 20.8 Å². The first-order valence-corrected chi connectivity index (χ1v) is 10.2. The lowest BCUT2D eigenvalue weighted by Crippen LogP contribution is -2.38. The van der Waals surface area contributed by atoms with Gasteiger partial charge in [-0.15, -0.1) is 24.0 Å². The van der Waals surface area contributed by atoms with Crippen LogP contribution in [0.2, 0.25) is 0 Å². The number of ether oxygens (including phenoxy) is 2. The van der Waals surface area contributed by atoms with E-state index in [2.05, 4.69) is 47.8 Å². The van der Waals surface area contributed by atoms with E-state index < -0.39 is 0 Å². The highest BCUT2D eigenvalue weighted by atomic mass is 127. The summed E-state index contributed by atoms with van der Waals surface area (Å²) in [6.45, 7) is 11.5. The van der Waals surface area contributed by atoms with E-state index in [1.165, 1.54) is 5.56 Å². The molecule has 0 amide bonds. The molecule has 1 heterocycles. The highest BCUT2D eigenvalue weighted by Crippen LogP contribution is 2.21. The van der Waals surface area contributed by atoms with Crippen LogP contribution in [0.25, 0.3) is 0 Å². The maximum absolute atomic E-state index is 5.96. The molecule has 0 aliphatic heterocycles. The Balaban J connectivity index is 0.00000450. The second kappa shape index (κ2) is 14.2. The molecule has 0 bridgehead atoms. The van der Waals surface area contributed by atoms with Gasteiger partial charge in [0.2, 0.25) is 0 Å². The molecule has 0 unspecified atom stereocenters. The number of rotatable bonds is 11. The molecule has 0 saturated heterocycles. The number of hydrogen-bond donors (Lipinski definition) is 2. The first-order chi connectivity index (χ1) is 14.0. The Morgan fingerprint density at radius 1 is 1.17 bits per heavy atom. The van der Waals surface area contributed by atoms with E-state index >= 15 is 0 Å². The Labute approximate surface area is 197 Å². The number of aryl methyl sites for hydroxylation is 3. The second-order valence-electron chi connectivity index (χ2n) is 6.98. The van der Waals surface area contributed by atoms with Gasteiger partial charge in [0.15, 0.2) is 5.96 Å². The van der Waals surface area contributed by atoms with Gasteiger partial charge in [-0.2, -0.15) is 0 Å². The largest absolute Gasteiger partial charge is 0.493 e. The van der Waals surface area contributed by atoms with Gasteiger partial charge in [-0.3, -0.25) is 0 Å². The zero-order chi connectivity index (χ0) is 21.1. The van der Waals surface area contributed by atoms with Crippen molar-refractivity contribution in [3.63, 3.8) is 0 Å². The lowest BCUT2D eigenvalue weighted by atomic mass is 10.1. The molecule has 30 heavy (non-hydrogen) atoms. The monoisotopic (exact) mass is 530 g/mol. The van der Waals surface area contributed by atoms with Gasteiger partial charge in [-0.25, -0.2) is 4.99 Å². The topological polar surface area (TPSA) is 80.9 Å². The first-order valence-electron chi connectivity index (χ1n) is 10.2. The molecule has 0 radical (unpaired) electrons. The van der Waals surface area contributed by atoms with Gasteiger partial charge >= 0.3 is 0 Å². The molecular formula is C22H35IN4O3. The van der Waals surface area contributed by atoms with Crippen LogP contribution < -0.4 is 15.4 Å². The van der Waals surface area contributed by atoms with Crippen molar-refractivity contribution in [1.29, 1.82) is 0 Å². The fraction of sp³-hybridized carbons (Fsp3) is 0.545. The normalized spacial score (nSPS) is 11.2. The van der Waals surface area contributed by atoms with Gasteiger partial charge in [-0.05, 0) is 45.7 Å². The van der Waals surface area contributed by atoms with E-state index in [0.29, 0.717) is 19.8 Å². The maximum atomic E-state index is 5.96. The van der Waals surface area contributed by atoms with Crippen LogP contribution in [0.3, 0.4) is 0 Å². The zero-order valence-electron chi connectivity index (χ0n) is 18.7. The number of nitrogens with one attached hydrogen (secondary N) is 2. The fourth-order valence-corrected chi connectivity index (χ4v) is 2.98. The Kier molecular flexibility index (Phi) is 12.4. The number of nitrogens with zero attached hydrogens (tertiary/aromatic N) is 2. The molecule has 2 rings (SSSR count). The molecule has 0 aliphatic carbocycles. The minimum Gasteiger partial charge on any atom is -0.493 e. The molecule has 1 aromatic carbocycles. The third-order valence-electron chi connectivity index (χ3n) is 4.57. The highest BCUT2D eigenvalue weighted by molar-refractivity contribution is 14.0. The van der Waals surface area contributed by atoms with Crippen LogP contribution in [-0.4, -0.2) is 44.5 Å². The van der Waals surface area contributed by atoms with Crippen molar-refractivity contribution in [2.45, 2.75) is 47.1 Å². The molecule has 0 fully saturated rings. The number of aliphatic imine (C=N–C) groups is 1. The van der Waals surface area contributed by atoms with Crippen LogP contribution in [0.5, 0.6) is 5.75 Å². The zero-order valence-corrected chi connectivity index (χ0v) is 21.0. The average molecular weight is 530 g/mol. The molecule has 8 heteroatoms. The van der Waals surface area contributed by atoms with Crippen molar-refractivity contribution in [1.82, 2.24) is 15.8 Å². The minimum absolute atomic E-state index is 0. The summed E-state index contributed by atoms with van der Waals surface area (Å²) in [5.41, 5.74) is 4.33. The maximum Gasteiger partial charge on any atom is 0.191 e. The second-order valence-corrected chi connectivity index (χ2v) is 6.98. The molecule has 1 aromatic heterocycles. The summed E-state index contributed by atoms with van der Waals surface area (Å²) in [6.07, 6.45) is 1.70. The number of guanidine groups is 1. The Bertz CT molecular complexity index is 773. The third kappa shape index (κ3) is 8.51. The molecule has 7 nitrogen and oxygen atoms in total. The predicted octanol–water partition coefficient (Wildman–Crippen LogP) is 3.93. The van der Waals surface area contributed by atoms with E-state index in [4.69, 9.17) is 19.0 Å². The Morgan fingerprint density at radius 2 is 1.97 bits per heavy atom. The summed E-state index contributed by atoms with van der Waals surface area (Å²) in [4.78, 5) is 4.73. The average Bonchev–Trinajstić information content (AvgIpc) is 3.02. The van der Waals surface area contributed by atoms with E-state index in [1.807, 2.05) is 13.8 Å². The number of benzene rings is 1. The smallest absolute Gasteiger partial charge is 0.191 e. The number of aromatic nitrogens is 1. The van der Waals surface area contributed by atoms with Crippen LogP contribution in [0.4, 0.5) is 0 Å². The predicted molar refractivity (Wildman–Crippen MR) is 131 cm³/mol. The van der Waals surface area contributed by atoms with E-state index in [-0.39, 0.29) is 24.0 Å². The summed E-state index contributed by atoms with van der Waals surface area (Å²) in [5, 5.41) is 10.7. The fourth-order valence-electron chi connectivity index (χ4n) is 2.98. The van der Waals surface area contributed by atoms with Gasteiger partial charge in [-0.1, -0.05) is 17.3 Å². The standard InChI is InChI=1S/C22H34N4O3.HI/c1-6-23-22(24-11-10-20-17(3)26-29-18(20)4)25-15-19-9-8-16(2)14-21(19)28-13-7-12-27-5;/h8-9,14H,6-7,10-13,15H2,1-5H3,(H2,23,24,25);1H. The van der Waals surface area contributed by atoms with Crippen LogP contribution in [0.15, 0.2) is 27.7 Å². The van der Waals surface area contributed by atoms with Crippen molar-refractivity contribution in [3.8, 4) is 5.75 Å². The van der Waals surface area contributed by atoms with Gasteiger partial charge in [0.05, 0.1) is 18.8 Å². The van der Waals surface area contributed by atoms with Gasteiger partial charge < -0.3 is 24.6 Å². The van der Waals surface area contributed by atoms with Crippen molar-refractivity contribution in [2.24, 2.45) is 4.99 Å². The summed E-state index contributed by atoms with van der Waals surface area (Å²) in [6, 6.07) is 6.23. The summed E-state index contributed by atoms with van der Waals surface area (Å²) in [5.74, 6) is 2.54. The van der Waals surface area contributed by atoms with Crippen LogP contribution >= 0.6 is 24.0 Å². The van der Waals surface area contributed by atoms with E-state index in [1.54, 1.807) is 7.11 Å². The lowest BCUT2D eigenvalue weighted by molar-refractivity contribution is 0.172. The van der Waals surface area contributed by atoms with Crippen molar-refractivity contribution in [2.75, 3.05) is 33.4 Å². The molecule has 0 saturated carbocycles. The number of methoxy groups -OCH3 is 1. The summed E-state index contributed by atoms with van der Waals surface area (Å²) < 4.78 is 16.3. The number of hydrogen-bond acceptors (Lipinski definition) is 5. The van der Waals surface area contributed by atoms with Gasteiger partial charge in [0.25, 0.3) is 0 Å². The highest BCUT2D eigenvalue weighted by Gasteiger charge is 2.09. The minimum atomic E-state index is 0. The van der Waals surface area contributed by atoms with E-state index in [9.17, 15) is 0 Å². The molecule has 2 N–H and O–H groups in total. The molecule has 2 aromatic rings. The van der Waals surface area contributed by atoms with Crippen molar-refractivity contribution < 1.29 is 14.0 Å². The lowest BCUT2D eigenvalue weighted by Gasteiger charge is -2.14. The number of halogens is 1. The summed E-state index contributed by atoms with van der Waals surface area (Å²) >= 11 is 0. The molecule has 168 valence electrons. The summed E-state index contributed by atoms with van der Waals surface area (Å²) in [7, 11) is 1.70. The molecule has 0 aliphatic rings. The van der Waals surface area contributed by atoms with Crippen LogP contribution in [-0.2, 0) is 17.7 Å². The molecule has 0 atom stereocenters. The molecule has 0 spiro atoms. The molecular weight excluding hydrogens is 495 g/mol.